The average molecular weight is 1000 g/mol. The first-order valence-corrected chi connectivity index (χ1v) is 24.5. The fraction of sp³-hybridized carbons (Fsp3) is 0.148. The number of benzene rings is 7. The van der Waals surface area contributed by atoms with Crippen LogP contribution in [0.2, 0.25) is 0 Å². The first-order valence-electron chi connectivity index (χ1n) is 21.6. The molecular weight excluding hydrogens is 956 g/mol. The van der Waals surface area contributed by atoms with E-state index in [9.17, 15) is 40.3 Å². The zero-order valence-electron chi connectivity index (χ0n) is 40.4. The summed E-state index contributed by atoms with van der Waals surface area (Å²) in [7, 11) is -7.92. The van der Waals surface area contributed by atoms with E-state index in [-0.39, 0.29) is 63.6 Å². The zero-order valence-corrected chi connectivity index (χ0v) is 44.0. The summed E-state index contributed by atoms with van der Waals surface area (Å²) in [6.07, 6.45) is 0. The Balaban J connectivity index is 0.00000825. The Labute approximate surface area is 435 Å². The standard InChI is InChI=1S/C54H48N2O12S2.Na/c1-30-25-32(3)50(34(5)47(30)53(58)66-7)55-44-23-19-37(27-42(44)36-15-11-9-12-16-36)49(41-22-21-40(69(60,61)62)29-46(41)70(63,64)65)38-20-24-45(43(28-38)52(57)68-39-17-13-10-14-18-39)56-51-33(4)26-31(2)48(35(51)6)54(59)67-8;/h9-29,55H,1-8H3,(H2-,56,57,60,61,62,63,64,65);/q;+1. The van der Waals surface area contributed by atoms with Gasteiger partial charge in [0.1, 0.15) is 26.3 Å². The Morgan fingerprint density at radius 3 is 1.58 bits per heavy atom. The van der Waals surface area contributed by atoms with Crippen LogP contribution in [0.15, 0.2) is 137 Å². The number of nitrogens with one attached hydrogen (secondary N) is 2. The number of hydrogen-bond donors (Lipinski definition) is 3. The van der Waals surface area contributed by atoms with Gasteiger partial charge in [-0.1, -0.05) is 60.7 Å². The summed E-state index contributed by atoms with van der Waals surface area (Å²) in [5.74, 6) is -1.62. The topological polar surface area (TPSA) is 215 Å². The predicted octanol–water partition coefficient (Wildman–Crippen LogP) is 7.66. The molecule has 0 bridgehead atoms. The molecule has 0 unspecified atom stereocenters. The SMILES string of the molecule is COC(=O)c1c(C)cc(C)c(Nc2ccc([C+](c3ccc(Nc4c(C)cc(C)c(C(=O)OC)c4C)c(-c4ccccc4)c3)c3ccc(S(=O)(=O)[O-])cc3S(=O)(=O)O)cc2C(=O)Oc2ccccc2)c1C.[Na+]. The Bertz CT molecular complexity index is 3460. The van der Waals surface area contributed by atoms with Crippen LogP contribution in [0.5, 0.6) is 5.75 Å². The molecule has 0 atom stereocenters. The van der Waals surface area contributed by atoms with Crippen LogP contribution in [-0.4, -0.2) is 58.1 Å². The molecule has 358 valence electrons. The second-order valence-electron chi connectivity index (χ2n) is 16.6. The molecule has 0 aliphatic carbocycles. The molecule has 7 aromatic rings. The van der Waals surface area contributed by atoms with Crippen molar-refractivity contribution in [3.05, 3.63) is 200 Å². The van der Waals surface area contributed by atoms with Crippen molar-refractivity contribution in [3.8, 4) is 16.9 Å². The van der Waals surface area contributed by atoms with Crippen LogP contribution < -0.4 is 44.9 Å². The van der Waals surface area contributed by atoms with Gasteiger partial charge >= 0.3 is 57.6 Å². The fourth-order valence-electron chi connectivity index (χ4n) is 8.71. The molecule has 0 amide bonds. The van der Waals surface area contributed by atoms with E-state index < -0.39 is 47.9 Å². The Hall–Kier alpha value is -6.76. The largest absolute Gasteiger partial charge is 1.00 e. The number of ether oxygens (including phenoxy) is 3. The predicted molar refractivity (Wildman–Crippen MR) is 265 cm³/mol. The van der Waals surface area contributed by atoms with Crippen molar-refractivity contribution >= 4 is 60.9 Å². The molecule has 0 fully saturated rings. The summed E-state index contributed by atoms with van der Waals surface area (Å²) in [6.45, 7) is 10.9. The minimum absolute atomic E-state index is 0. The summed E-state index contributed by atoms with van der Waals surface area (Å²) in [5.41, 5.74) is 8.23. The molecular formula is C54H48N2NaO12S2+. The number of para-hydroxylation sites is 1. The number of methoxy groups -OCH3 is 2. The Kier molecular flexibility index (Phi) is 16.4. The van der Waals surface area contributed by atoms with Gasteiger partial charge in [0.25, 0.3) is 0 Å². The van der Waals surface area contributed by atoms with Crippen LogP contribution in [0.4, 0.5) is 22.7 Å². The zero-order chi connectivity index (χ0) is 50.8. The van der Waals surface area contributed by atoms with Crippen molar-refractivity contribution < 1.29 is 84.1 Å². The summed E-state index contributed by atoms with van der Waals surface area (Å²) < 4.78 is 90.4. The van der Waals surface area contributed by atoms with Crippen molar-refractivity contribution in [2.75, 3.05) is 24.9 Å². The maximum Gasteiger partial charge on any atom is 1.00 e. The number of hydrogen-bond acceptors (Lipinski definition) is 13. The van der Waals surface area contributed by atoms with Crippen molar-refractivity contribution in [1.29, 1.82) is 0 Å². The number of carbonyl (C=O) groups is 3. The second-order valence-corrected chi connectivity index (χ2v) is 19.3. The smallest absolute Gasteiger partial charge is 0.744 e. The molecule has 0 aliphatic rings. The van der Waals surface area contributed by atoms with Gasteiger partial charge in [-0.05, 0) is 135 Å². The minimum atomic E-state index is -5.27. The molecule has 0 spiro atoms. The number of anilines is 4. The number of esters is 3. The van der Waals surface area contributed by atoms with Gasteiger partial charge < -0.3 is 29.4 Å². The van der Waals surface area contributed by atoms with E-state index >= 15 is 0 Å². The van der Waals surface area contributed by atoms with Gasteiger partial charge in [0, 0.05) is 29.1 Å². The van der Waals surface area contributed by atoms with E-state index in [1.54, 1.807) is 87.5 Å². The van der Waals surface area contributed by atoms with E-state index in [0.717, 1.165) is 28.8 Å². The number of aryl methyl sites for hydroxylation is 4. The van der Waals surface area contributed by atoms with Crippen molar-refractivity contribution in [3.63, 3.8) is 0 Å². The van der Waals surface area contributed by atoms with E-state index in [0.29, 0.717) is 67.6 Å². The molecule has 0 aromatic heterocycles. The minimum Gasteiger partial charge on any atom is -0.744 e. The quantitative estimate of drug-likeness (QED) is 0.0238. The van der Waals surface area contributed by atoms with Gasteiger partial charge in [-0.25, -0.2) is 22.8 Å². The van der Waals surface area contributed by atoms with Gasteiger partial charge in [-0.3, -0.25) is 4.55 Å². The molecule has 0 radical (unpaired) electrons. The number of rotatable bonds is 14. The van der Waals surface area contributed by atoms with Crippen LogP contribution in [0.25, 0.3) is 11.1 Å². The van der Waals surface area contributed by atoms with Crippen molar-refractivity contribution in [1.82, 2.24) is 0 Å². The van der Waals surface area contributed by atoms with Crippen molar-refractivity contribution in [2.24, 2.45) is 0 Å². The maximum absolute atomic E-state index is 14.5. The third-order valence-electron chi connectivity index (χ3n) is 11.9. The molecule has 14 nitrogen and oxygen atoms in total. The fourth-order valence-corrected chi connectivity index (χ4v) is 10.0. The maximum atomic E-state index is 14.5. The third kappa shape index (κ3) is 11.4. The summed E-state index contributed by atoms with van der Waals surface area (Å²) >= 11 is 0. The third-order valence-corrected chi connectivity index (χ3v) is 13.6. The monoisotopic (exact) mass is 1000 g/mol. The second kappa shape index (κ2) is 21.7. The first kappa shape index (κ1) is 53.6. The number of carbonyl (C=O) groups excluding carboxylic acids is 3. The van der Waals surface area contributed by atoms with Gasteiger partial charge in [0.2, 0.25) is 0 Å². The van der Waals surface area contributed by atoms with Gasteiger partial charge in [0.15, 0.2) is 0 Å². The van der Waals surface area contributed by atoms with Crippen molar-refractivity contribution in [2.45, 2.75) is 51.3 Å². The molecule has 0 saturated heterocycles. The molecule has 3 N–H and O–H groups in total. The molecule has 71 heavy (non-hydrogen) atoms. The van der Waals surface area contributed by atoms with Crippen LogP contribution in [0.3, 0.4) is 0 Å². The van der Waals surface area contributed by atoms with Crippen LogP contribution in [-0.2, 0) is 29.7 Å². The van der Waals surface area contributed by atoms with Gasteiger partial charge in [-0.15, -0.1) is 0 Å². The summed E-state index contributed by atoms with van der Waals surface area (Å²) in [6, 6.07) is 33.5. The van der Waals surface area contributed by atoms with E-state index in [1.807, 2.05) is 57.2 Å². The van der Waals surface area contributed by atoms with Crippen LogP contribution in [0.1, 0.15) is 81.1 Å². The summed E-state index contributed by atoms with van der Waals surface area (Å²) in [4.78, 5) is 38.6. The van der Waals surface area contributed by atoms with E-state index in [2.05, 4.69) is 10.6 Å². The van der Waals surface area contributed by atoms with Crippen LogP contribution in [0, 0.1) is 47.5 Å². The molecule has 7 rings (SSSR count). The van der Waals surface area contributed by atoms with Gasteiger partial charge in [-0.2, -0.15) is 8.42 Å². The molecule has 17 heteroatoms. The molecule has 0 heterocycles. The summed E-state index contributed by atoms with van der Waals surface area (Å²) in [5, 5.41) is 6.84. The van der Waals surface area contributed by atoms with E-state index in [4.69, 9.17) is 14.2 Å². The Morgan fingerprint density at radius 1 is 0.577 bits per heavy atom. The van der Waals surface area contributed by atoms with Gasteiger partial charge in [0.05, 0.1) is 64.2 Å². The first-order chi connectivity index (χ1) is 33.1. The normalized spacial score (nSPS) is 11.2. The molecule has 7 aromatic carbocycles. The Morgan fingerprint density at radius 2 is 1.07 bits per heavy atom. The molecule has 0 aliphatic heterocycles. The van der Waals surface area contributed by atoms with Crippen LogP contribution >= 0.6 is 0 Å². The average Bonchev–Trinajstić information content (AvgIpc) is 3.32. The van der Waals surface area contributed by atoms with E-state index in [1.165, 1.54) is 20.3 Å². The molecule has 0 saturated carbocycles.